The van der Waals surface area contributed by atoms with Crippen LogP contribution in [0.5, 0.6) is 0 Å². The Morgan fingerprint density at radius 1 is 0.375 bits per heavy atom. The molecule has 0 aliphatic carbocycles. The quantitative estimate of drug-likeness (QED) is 0.166. The van der Waals surface area contributed by atoms with Gasteiger partial charge in [-0.1, -0.05) is 146 Å². The first-order chi connectivity index (χ1) is 27.8. The van der Waals surface area contributed by atoms with Crippen molar-refractivity contribution in [3.8, 4) is 17.1 Å². The van der Waals surface area contributed by atoms with E-state index in [4.69, 9.17) is 9.97 Å². The molecule has 0 saturated carbocycles. The summed E-state index contributed by atoms with van der Waals surface area (Å²) >= 11 is 1.83. The van der Waals surface area contributed by atoms with Gasteiger partial charge < -0.3 is 0 Å². The second-order valence-corrected chi connectivity index (χ2v) is 15.9. The van der Waals surface area contributed by atoms with E-state index in [1.165, 1.54) is 74.0 Å². The Labute approximate surface area is 324 Å². The highest BCUT2D eigenvalue weighted by Gasteiger charge is 2.24. The van der Waals surface area contributed by atoms with Crippen LogP contribution in [0.25, 0.3) is 124 Å². The van der Waals surface area contributed by atoms with Crippen LogP contribution in [0, 0.1) is 0 Å². The molecule has 258 valence electrons. The monoisotopic (exact) mass is 727 g/mol. The van der Waals surface area contributed by atoms with Crippen LogP contribution in [0.3, 0.4) is 0 Å². The first-order valence-corrected chi connectivity index (χ1v) is 19.9. The highest BCUT2D eigenvalue weighted by Crippen LogP contribution is 2.46. The molecule has 0 unspecified atom stereocenters. The van der Waals surface area contributed by atoms with Gasteiger partial charge in [-0.3, -0.25) is 4.57 Å². The zero-order valence-electron chi connectivity index (χ0n) is 30.0. The predicted molar refractivity (Wildman–Crippen MR) is 240 cm³/mol. The lowest BCUT2D eigenvalue weighted by molar-refractivity contribution is 1.08. The molecule has 3 aromatic heterocycles. The molecule has 0 amide bonds. The van der Waals surface area contributed by atoms with Crippen LogP contribution in [0.1, 0.15) is 0 Å². The Morgan fingerprint density at radius 3 is 1.73 bits per heavy atom. The molecule has 13 aromatic rings. The van der Waals surface area contributed by atoms with Crippen LogP contribution in [0.15, 0.2) is 176 Å². The second kappa shape index (κ2) is 11.2. The van der Waals surface area contributed by atoms with Gasteiger partial charge in [0, 0.05) is 47.3 Å². The van der Waals surface area contributed by atoms with Crippen LogP contribution in [0.4, 0.5) is 0 Å². The molecule has 0 atom stereocenters. The first kappa shape index (κ1) is 30.2. The summed E-state index contributed by atoms with van der Waals surface area (Å²) in [6.45, 7) is 0. The highest BCUT2D eigenvalue weighted by atomic mass is 32.1. The summed E-state index contributed by atoms with van der Waals surface area (Å²) in [5, 5.41) is 17.3. The van der Waals surface area contributed by atoms with Crippen molar-refractivity contribution in [3.05, 3.63) is 176 Å². The molecule has 0 bridgehead atoms. The minimum atomic E-state index is 0.828. The molecule has 10 aromatic carbocycles. The predicted octanol–water partition coefficient (Wildman–Crippen LogP) is 14.5. The summed E-state index contributed by atoms with van der Waals surface area (Å²) in [6.07, 6.45) is 0. The van der Waals surface area contributed by atoms with Gasteiger partial charge in [0.25, 0.3) is 0 Å². The number of hydrogen-bond donors (Lipinski definition) is 0. The standard InChI is InChI=1S/C52H29N3S/c1-3-13-33-30(11-1)23-27-43-48(33)49-44(28-25-41-37-17-6-5-15-35(37)36-16-7-8-19-40(36)47(41)49)55(43)52-50(53-42-26-22-31-12-2-4-14-34(31)51(42)54-52)32-21-24-39-38-18-9-10-20-45(38)56-46(39)29-32/h1-29H. The van der Waals surface area contributed by atoms with E-state index in [1.54, 1.807) is 0 Å². The number of rotatable bonds is 2. The zero-order valence-corrected chi connectivity index (χ0v) is 30.8. The van der Waals surface area contributed by atoms with E-state index in [0.717, 1.165) is 49.9 Å². The summed E-state index contributed by atoms with van der Waals surface area (Å²) < 4.78 is 4.93. The highest BCUT2D eigenvalue weighted by molar-refractivity contribution is 7.25. The van der Waals surface area contributed by atoms with E-state index >= 15 is 0 Å². The van der Waals surface area contributed by atoms with Crippen LogP contribution in [-0.4, -0.2) is 14.5 Å². The molecule has 56 heavy (non-hydrogen) atoms. The lowest BCUT2D eigenvalue weighted by Gasteiger charge is -2.15. The topological polar surface area (TPSA) is 30.7 Å². The van der Waals surface area contributed by atoms with Crippen molar-refractivity contribution in [1.29, 1.82) is 0 Å². The molecule has 3 heterocycles. The largest absolute Gasteiger partial charge is 0.292 e. The van der Waals surface area contributed by atoms with Crippen molar-refractivity contribution in [1.82, 2.24) is 14.5 Å². The lowest BCUT2D eigenvalue weighted by atomic mass is 9.91. The molecule has 0 radical (unpaired) electrons. The van der Waals surface area contributed by atoms with Crippen LogP contribution < -0.4 is 0 Å². The van der Waals surface area contributed by atoms with Crippen molar-refractivity contribution >= 4 is 118 Å². The third-order valence-corrected chi connectivity index (χ3v) is 13.1. The molecule has 0 N–H and O–H groups in total. The van der Waals surface area contributed by atoms with Crippen LogP contribution in [0.2, 0.25) is 0 Å². The van der Waals surface area contributed by atoms with E-state index in [9.17, 15) is 0 Å². The Morgan fingerprint density at radius 2 is 0.929 bits per heavy atom. The lowest BCUT2D eigenvalue weighted by Crippen LogP contribution is -2.04. The maximum atomic E-state index is 5.72. The summed E-state index contributed by atoms with van der Waals surface area (Å²) in [7, 11) is 0. The van der Waals surface area contributed by atoms with E-state index in [2.05, 4.69) is 180 Å². The first-order valence-electron chi connectivity index (χ1n) is 19.1. The number of fused-ring (bicyclic) bond motifs is 18. The van der Waals surface area contributed by atoms with Crippen molar-refractivity contribution in [2.75, 3.05) is 0 Å². The van der Waals surface area contributed by atoms with E-state index in [-0.39, 0.29) is 0 Å². The minimum Gasteiger partial charge on any atom is -0.292 e. The van der Waals surface area contributed by atoms with Gasteiger partial charge in [-0.15, -0.1) is 11.3 Å². The summed E-state index contributed by atoms with van der Waals surface area (Å²) in [5.74, 6) is 0.828. The molecule has 0 aliphatic rings. The molecule has 3 nitrogen and oxygen atoms in total. The number of nitrogens with zero attached hydrogens (tertiary/aromatic N) is 3. The number of benzene rings is 10. The average molecular weight is 728 g/mol. The fourth-order valence-electron chi connectivity index (χ4n) is 9.49. The number of hydrogen-bond acceptors (Lipinski definition) is 3. The normalized spacial score (nSPS) is 12.3. The zero-order chi connectivity index (χ0) is 36.5. The summed E-state index contributed by atoms with van der Waals surface area (Å²) in [6, 6.07) is 64.1. The molecule has 0 fully saturated rings. The van der Waals surface area contributed by atoms with Crippen molar-refractivity contribution < 1.29 is 0 Å². The maximum absolute atomic E-state index is 5.72. The van der Waals surface area contributed by atoms with Crippen LogP contribution in [-0.2, 0) is 0 Å². The summed E-state index contributed by atoms with van der Waals surface area (Å²) in [4.78, 5) is 11.3. The molecular weight excluding hydrogens is 699 g/mol. The molecule has 13 rings (SSSR count). The maximum Gasteiger partial charge on any atom is 0.165 e. The van der Waals surface area contributed by atoms with Crippen molar-refractivity contribution in [2.24, 2.45) is 0 Å². The van der Waals surface area contributed by atoms with Gasteiger partial charge in [-0.25, -0.2) is 9.97 Å². The van der Waals surface area contributed by atoms with E-state index in [0.29, 0.717) is 0 Å². The number of aromatic nitrogens is 3. The second-order valence-electron chi connectivity index (χ2n) is 14.8. The van der Waals surface area contributed by atoms with Gasteiger partial charge in [0.05, 0.1) is 22.1 Å². The Hall–Kier alpha value is -7.14. The van der Waals surface area contributed by atoms with Crippen LogP contribution >= 0.6 is 11.3 Å². The van der Waals surface area contributed by atoms with Gasteiger partial charge >= 0.3 is 0 Å². The fraction of sp³-hybridized carbons (Fsp3) is 0. The van der Waals surface area contributed by atoms with Crippen molar-refractivity contribution in [2.45, 2.75) is 0 Å². The molecule has 0 spiro atoms. The average Bonchev–Trinajstić information content (AvgIpc) is 3.81. The minimum absolute atomic E-state index is 0.828. The van der Waals surface area contributed by atoms with E-state index < -0.39 is 0 Å². The molecule has 0 aliphatic heterocycles. The van der Waals surface area contributed by atoms with E-state index in [1.807, 2.05) is 11.3 Å². The Bertz CT molecular complexity index is 3800. The van der Waals surface area contributed by atoms with Gasteiger partial charge in [0.2, 0.25) is 0 Å². The molecule has 0 saturated heterocycles. The van der Waals surface area contributed by atoms with Gasteiger partial charge in [-0.05, 0) is 73.4 Å². The van der Waals surface area contributed by atoms with Gasteiger partial charge in [-0.2, -0.15) is 0 Å². The molecular formula is C52H29N3S. The smallest absolute Gasteiger partial charge is 0.165 e. The Balaban J connectivity index is 1.25. The Kier molecular flexibility index (Phi) is 6.04. The van der Waals surface area contributed by atoms with Gasteiger partial charge in [0.1, 0.15) is 5.69 Å². The number of thiophene rings is 1. The SMILES string of the molecule is c1ccc2c(c1)ccc1nc(-c3ccc4c(c3)sc3ccccc34)c(-n3c4ccc5ccccc5c4c4c5c6ccccc6c6ccccc6c5ccc43)nc12. The summed E-state index contributed by atoms with van der Waals surface area (Å²) in [5.41, 5.74) is 5.92. The van der Waals surface area contributed by atoms with Crippen molar-refractivity contribution in [3.63, 3.8) is 0 Å². The molecule has 4 heteroatoms. The third-order valence-electron chi connectivity index (χ3n) is 11.9. The fourth-order valence-corrected chi connectivity index (χ4v) is 10.6. The third kappa shape index (κ3) is 4.06. The van der Waals surface area contributed by atoms with Gasteiger partial charge in [0.15, 0.2) is 5.82 Å².